The van der Waals surface area contributed by atoms with E-state index < -0.39 is 5.91 Å². The van der Waals surface area contributed by atoms with Crippen molar-refractivity contribution < 1.29 is 9.59 Å². The molecule has 0 aliphatic rings. The van der Waals surface area contributed by atoms with E-state index in [0.717, 1.165) is 5.69 Å². The van der Waals surface area contributed by atoms with Crippen LogP contribution in [0.25, 0.3) is 5.69 Å². The van der Waals surface area contributed by atoms with Gasteiger partial charge in [0.25, 0.3) is 5.91 Å². The molecule has 0 spiro atoms. The standard InChI is InChI=1S/C19H17ClN4O2/c1-2-18(25)22-17-12-16(23-24(17)15-9-4-3-5-10-15)19(26)21-14-8-6-7-13(20)11-14/h3-12H,2H2,1H3,(H,21,26)(H,22,25). The number of nitrogens with one attached hydrogen (secondary N) is 2. The molecule has 2 amide bonds. The molecule has 6 nitrogen and oxygen atoms in total. The van der Waals surface area contributed by atoms with E-state index in [-0.39, 0.29) is 11.6 Å². The summed E-state index contributed by atoms with van der Waals surface area (Å²) >= 11 is 5.94. The van der Waals surface area contributed by atoms with Gasteiger partial charge >= 0.3 is 0 Å². The topological polar surface area (TPSA) is 76.0 Å². The normalized spacial score (nSPS) is 10.4. The minimum absolute atomic E-state index is 0.163. The lowest BCUT2D eigenvalue weighted by molar-refractivity contribution is -0.115. The lowest BCUT2D eigenvalue weighted by atomic mass is 10.3. The van der Waals surface area contributed by atoms with Gasteiger partial charge in [-0.25, -0.2) is 4.68 Å². The van der Waals surface area contributed by atoms with Crippen LogP contribution in [0.1, 0.15) is 23.8 Å². The van der Waals surface area contributed by atoms with Crippen LogP contribution < -0.4 is 10.6 Å². The van der Waals surface area contributed by atoms with Crippen LogP contribution in [0.15, 0.2) is 60.7 Å². The second-order valence-electron chi connectivity index (χ2n) is 5.53. The van der Waals surface area contributed by atoms with Gasteiger partial charge in [0.2, 0.25) is 5.91 Å². The predicted molar refractivity (Wildman–Crippen MR) is 102 cm³/mol. The van der Waals surface area contributed by atoms with Gasteiger partial charge in [0, 0.05) is 23.2 Å². The molecule has 0 radical (unpaired) electrons. The molecule has 3 rings (SSSR count). The number of amides is 2. The smallest absolute Gasteiger partial charge is 0.276 e. The van der Waals surface area contributed by atoms with E-state index in [1.807, 2.05) is 30.3 Å². The number of carbonyl (C=O) groups excluding carboxylic acids is 2. The van der Waals surface area contributed by atoms with Crippen LogP contribution >= 0.6 is 11.6 Å². The lowest BCUT2D eigenvalue weighted by Crippen LogP contribution is -2.14. The SMILES string of the molecule is CCC(=O)Nc1cc(C(=O)Nc2cccc(Cl)c2)nn1-c1ccccc1. The number of aromatic nitrogens is 2. The number of hydrogen-bond acceptors (Lipinski definition) is 3. The third-order valence-corrected chi connectivity index (χ3v) is 3.85. The molecule has 0 bridgehead atoms. The van der Waals surface area contributed by atoms with Crippen molar-refractivity contribution in [1.29, 1.82) is 0 Å². The first-order valence-electron chi connectivity index (χ1n) is 8.09. The van der Waals surface area contributed by atoms with E-state index in [1.165, 1.54) is 4.68 Å². The van der Waals surface area contributed by atoms with Crippen molar-refractivity contribution in [2.45, 2.75) is 13.3 Å². The molecule has 0 saturated heterocycles. The Morgan fingerprint density at radius 1 is 1.04 bits per heavy atom. The van der Waals surface area contributed by atoms with Crippen LogP contribution in [0.4, 0.5) is 11.5 Å². The summed E-state index contributed by atoms with van der Waals surface area (Å²) in [7, 11) is 0. The first-order valence-corrected chi connectivity index (χ1v) is 8.47. The van der Waals surface area contributed by atoms with Gasteiger partial charge in [-0.2, -0.15) is 5.10 Å². The van der Waals surface area contributed by atoms with E-state index in [4.69, 9.17) is 11.6 Å². The number of nitrogens with zero attached hydrogens (tertiary/aromatic N) is 2. The Kier molecular flexibility index (Phi) is 5.34. The third kappa shape index (κ3) is 4.10. The highest BCUT2D eigenvalue weighted by atomic mass is 35.5. The Balaban J connectivity index is 1.92. The van der Waals surface area contributed by atoms with Gasteiger partial charge in [-0.3, -0.25) is 9.59 Å². The summed E-state index contributed by atoms with van der Waals surface area (Å²) in [5.74, 6) is -0.128. The molecule has 0 aliphatic heterocycles. The molecule has 2 aromatic carbocycles. The van der Waals surface area contributed by atoms with Gasteiger partial charge in [0.1, 0.15) is 5.82 Å². The summed E-state index contributed by atoms with van der Waals surface area (Å²) in [5, 5.41) is 10.4. The molecule has 0 saturated carbocycles. The van der Waals surface area contributed by atoms with E-state index in [1.54, 1.807) is 37.3 Å². The number of benzene rings is 2. The first kappa shape index (κ1) is 17.7. The van der Waals surface area contributed by atoms with Crippen LogP contribution in [0.2, 0.25) is 5.02 Å². The van der Waals surface area contributed by atoms with Crippen molar-refractivity contribution in [1.82, 2.24) is 9.78 Å². The highest BCUT2D eigenvalue weighted by molar-refractivity contribution is 6.30. The molecule has 132 valence electrons. The Morgan fingerprint density at radius 2 is 1.81 bits per heavy atom. The molecule has 1 aromatic heterocycles. The number of carbonyl (C=O) groups is 2. The molecule has 7 heteroatoms. The zero-order valence-corrected chi connectivity index (χ0v) is 14.8. The zero-order chi connectivity index (χ0) is 18.5. The number of halogens is 1. The number of anilines is 2. The summed E-state index contributed by atoms with van der Waals surface area (Å²) in [6.45, 7) is 1.76. The first-order chi connectivity index (χ1) is 12.6. The van der Waals surface area contributed by atoms with Gasteiger partial charge in [-0.15, -0.1) is 0 Å². The Labute approximate surface area is 155 Å². The third-order valence-electron chi connectivity index (χ3n) is 3.61. The van der Waals surface area contributed by atoms with Crippen molar-refractivity contribution in [3.8, 4) is 5.69 Å². The Hall–Kier alpha value is -3.12. The van der Waals surface area contributed by atoms with E-state index in [9.17, 15) is 9.59 Å². The summed E-state index contributed by atoms with van der Waals surface area (Å²) in [5.41, 5.74) is 1.48. The average Bonchev–Trinajstić information content (AvgIpc) is 3.06. The Morgan fingerprint density at radius 3 is 2.50 bits per heavy atom. The van der Waals surface area contributed by atoms with Crippen LogP contribution in [0, 0.1) is 0 Å². The number of hydrogen-bond donors (Lipinski definition) is 2. The van der Waals surface area contributed by atoms with Crippen molar-refractivity contribution in [3.05, 3.63) is 71.4 Å². The highest BCUT2D eigenvalue weighted by Crippen LogP contribution is 2.20. The summed E-state index contributed by atoms with van der Waals surface area (Å²) in [6.07, 6.45) is 0.323. The summed E-state index contributed by atoms with van der Waals surface area (Å²) in [6, 6.07) is 17.7. The quantitative estimate of drug-likeness (QED) is 0.711. The highest BCUT2D eigenvalue weighted by Gasteiger charge is 2.17. The van der Waals surface area contributed by atoms with Crippen LogP contribution in [0.3, 0.4) is 0 Å². The monoisotopic (exact) mass is 368 g/mol. The number of para-hydroxylation sites is 1. The fraction of sp³-hybridized carbons (Fsp3) is 0.105. The molecule has 3 aromatic rings. The molecular weight excluding hydrogens is 352 g/mol. The fourth-order valence-corrected chi connectivity index (χ4v) is 2.53. The predicted octanol–water partition coefficient (Wildman–Crippen LogP) is 4.13. The Bertz CT molecular complexity index is 938. The minimum Gasteiger partial charge on any atom is -0.321 e. The molecule has 2 N–H and O–H groups in total. The largest absolute Gasteiger partial charge is 0.321 e. The van der Waals surface area contributed by atoms with Crippen molar-refractivity contribution >= 4 is 34.9 Å². The maximum absolute atomic E-state index is 12.5. The van der Waals surface area contributed by atoms with E-state index >= 15 is 0 Å². The van der Waals surface area contributed by atoms with E-state index in [0.29, 0.717) is 22.9 Å². The molecule has 26 heavy (non-hydrogen) atoms. The van der Waals surface area contributed by atoms with Gasteiger partial charge in [-0.05, 0) is 30.3 Å². The van der Waals surface area contributed by atoms with Gasteiger partial charge in [0.05, 0.1) is 5.69 Å². The molecular formula is C19H17ClN4O2. The fourth-order valence-electron chi connectivity index (χ4n) is 2.34. The van der Waals surface area contributed by atoms with Crippen molar-refractivity contribution in [3.63, 3.8) is 0 Å². The lowest BCUT2D eigenvalue weighted by Gasteiger charge is -2.07. The molecule has 1 heterocycles. The average molecular weight is 369 g/mol. The van der Waals surface area contributed by atoms with Gasteiger partial charge in [0.15, 0.2) is 5.69 Å². The molecule has 0 atom stereocenters. The minimum atomic E-state index is -0.394. The van der Waals surface area contributed by atoms with Crippen LogP contribution in [-0.2, 0) is 4.79 Å². The zero-order valence-electron chi connectivity index (χ0n) is 14.1. The van der Waals surface area contributed by atoms with Gasteiger partial charge in [-0.1, -0.05) is 42.8 Å². The van der Waals surface area contributed by atoms with E-state index in [2.05, 4.69) is 15.7 Å². The molecule has 0 unspecified atom stereocenters. The van der Waals surface area contributed by atoms with Crippen molar-refractivity contribution in [2.75, 3.05) is 10.6 Å². The molecule has 0 fully saturated rings. The van der Waals surface area contributed by atoms with Gasteiger partial charge < -0.3 is 10.6 Å². The molecule has 0 aliphatic carbocycles. The maximum Gasteiger partial charge on any atom is 0.276 e. The summed E-state index contributed by atoms with van der Waals surface area (Å²) in [4.78, 5) is 24.3. The second kappa shape index (κ2) is 7.84. The summed E-state index contributed by atoms with van der Waals surface area (Å²) < 4.78 is 1.53. The number of rotatable bonds is 5. The maximum atomic E-state index is 12.5. The van der Waals surface area contributed by atoms with Crippen LogP contribution in [-0.4, -0.2) is 21.6 Å². The van der Waals surface area contributed by atoms with Crippen molar-refractivity contribution in [2.24, 2.45) is 0 Å². The van der Waals surface area contributed by atoms with Crippen LogP contribution in [0.5, 0.6) is 0 Å². The second-order valence-corrected chi connectivity index (χ2v) is 5.96.